The van der Waals surface area contributed by atoms with Crippen LogP contribution >= 0.6 is 0 Å². The Morgan fingerprint density at radius 1 is 0.264 bits per heavy atom. The summed E-state index contributed by atoms with van der Waals surface area (Å²) in [4.78, 5) is 0. The van der Waals surface area contributed by atoms with Gasteiger partial charge >= 0.3 is 0 Å². The van der Waals surface area contributed by atoms with Crippen LogP contribution in [0.5, 0.6) is 0 Å². The molecular formula is C52H32O. The third-order valence-electron chi connectivity index (χ3n) is 11.0. The van der Waals surface area contributed by atoms with Crippen LogP contribution in [-0.2, 0) is 0 Å². The second-order valence-electron chi connectivity index (χ2n) is 14.0. The molecule has 11 aromatic rings. The van der Waals surface area contributed by atoms with Gasteiger partial charge in [-0.15, -0.1) is 0 Å². The zero-order chi connectivity index (χ0) is 34.9. The van der Waals surface area contributed by atoms with Gasteiger partial charge in [-0.05, 0) is 112 Å². The molecule has 11 rings (SSSR count). The summed E-state index contributed by atoms with van der Waals surface area (Å²) in [5.74, 6) is 0. The molecule has 0 spiro atoms. The Balaban J connectivity index is 1.23. The Kier molecular flexibility index (Phi) is 6.62. The third-order valence-corrected chi connectivity index (χ3v) is 11.0. The van der Waals surface area contributed by atoms with Crippen LogP contribution in [0.2, 0.25) is 0 Å². The molecule has 246 valence electrons. The van der Waals surface area contributed by atoms with E-state index in [0.29, 0.717) is 0 Å². The minimum atomic E-state index is 0.894. The molecule has 0 atom stereocenters. The molecule has 0 aliphatic rings. The third kappa shape index (κ3) is 4.64. The lowest BCUT2D eigenvalue weighted by Gasteiger charge is -2.20. The summed E-state index contributed by atoms with van der Waals surface area (Å²) >= 11 is 0. The molecule has 1 heteroatoms. The van der Waals surface area contributed by atoms with Gasteiger partial charge in [0.05, 0.1) is 0 Å². The van der Waals surface area contributed by atoms with Crippen molar-refractivity contribution in [2.75, 3.05) is 0 Å². The van der Waals surface area contributed by atoms with Crippen LogP contribution in [0.3, 0.4) is 0 Å². The van der Waals surface area contributed by atoms with Gasteiger partial charge in [-0.25, -0.2) is 0 Å². The van der Waals surface area contributed by atoms with E-state index in [0.717, 1.165) is 27.5 Å². The van der Waals surface area contributed by atoms with Crippen molar-refractivity contribution >= 4 is 65.0 Å². The van der Waals surface area contributed by atoms with E-state index < -0.39 is 0 Å². The largest absolute Gasteiger partial charge is 0.456 e. The predicted octanol–water partition coefficient (Wildman–Crippen LogP) is 14.9. The van der Waals surface area contributed by atoms with Crippen LogP contribution in [-0.4, -0.2) is 0 Å². The molecular weight excluding hydrogens is 641 g/mol. The lowest BCUT2D eigenvalue weighted by molar-refractivity contribution is 0.669. The standard InChI is InChI=1S/C52H32O/c1-2-16-35-30-36(29-28-33(35)14-1)39-19-5-6-20-41(39)51-44-23-9-7-21-42(44)50(43-22-8-10-24-45(43)51)37-31-47(40-26-13-17-34-15-3-4-18-38(34)40)52-46-25-11-12-27-48(46)53-49(52)32-37/h1-32H. The molecule has 0 fully saturated rings. The van der Waals surface area contributed by atoms with Crippen molar-refractivity contribution in [1.82, 2.24) is 0 Å². The van der Waals surface area contributed by atoms with E-state index in [1.54, 1.807) is 0 Å². The Hall–Kier alpha value is -6.96. The summed E-state index contributed by atoms with van der Waals surface area (Å²) in [5.41, 5.74) is 11.5. The van der Waals surface area contributed by atoms with Crippen LogP contribution in [0.4, 0.5) is 0 Å². The SMILES string of the molecule is c1ccc(-c2c3ccccc3c(-c3cc(-c4cccc5ccccc45)c4c(c3)oc3ccccc34)c3ccccc23)c(-c2ccc3ccccc3c2)c1. The Labute approximate surface area is 307 Å². The van der Waals surface area contributed by atoms with Crippen molar-refractivity contribution in [3.05, 3.63) is 194 Å². The van der Waals surface area contributed by atoms with Gasteiger partial charge in [0, 0.05) is 10.8 Å². The van der Waals surface area contributed by atoms with E-state index >= 15 is 0 Å². The minimum Gasteiger partial charge on any atom is -0.456 e. The summed E-state index contributed by atoms with van der Waals surface area (Å²) in [6.45, 7) is 0. The molecule has 0 aliphatic heterocycles. The van der Waals surface area contributed by atoms with Gasteiger partial charge in [-0.3, -0.25) is 0 Å². The van der Waals surface area contributed by atoms with E-state index in [9.17, 15) is 0 Å². The Morgan fingerprint density at radius 3 is 1.57 bits per heavy atom. The Bertz CT molecular complexity index is 3170. The molecule has 0 aliphatic carbocycles. The van der Waals surface area contributed by atoms with Gasteiger partial charge in [-0.1, -0.05) is 170 Å². The zero-order valence-electron chi connectivity index (χ0n) is 28.9. The van der Waals surface area contributed by atoms with E-state index in [-0.39, 0.29) is 0 Å². The first-order valence-electron chi connectivity index (χ1n) is 18.3. The molecule has 0 saturated heterocycles. The van der Waals surface area contributed by atoms with Crippen molar-refractivity contribution in [3.63, 3.8) is 0 Å². The predicted molar refractivity (Wildman–Crippen MR) is 225 cm³/mol. The Morgan fingerprint density at radius 2 is 0.811 bits per heavy atom. The number of benzene rings is 10. The van der Waals surface area contributed by atoms with Crippen molar-refractivity contribution in [1.29, 1.82) is 0 Å². The van der Waals surface area contributed by atoms with Gasteiger partial charge in [0.2, 0.25) is 0 Å². The molecule has 1 nitrogen and oxygen atoms in total. The van der Waals surface area contributed by atoms with Gasteiger partial charge in [0.25, 0.3) is 0 Å². The van der Waals surface area contributed by atoms with E-state index in [2.05, 4.69) is 194 Å². The molecule has 0 N–H and O–H groups in total. The van der Waals surface area contributed by atoms with Gasteiger partial charge in [0.1, 0.15) is 11.2 Å². The first kappa shape index (κ1) is 29.7. The molecule has 0 bridgehead atoms. The fraction of sp³-hybridized carbons (Fsp3) is 0. The van der Waals surface area contributed by atoms with Crippen LogP contribution < -0.4 is 0 Å². The normalized spacial score (nSPS) is 11.8. The summed E-state index contributed by atoms with van der Waals surface area (Å²) in [7, 11) is 0. The highest BCUT2D eigenvalue weighted by Gasteiger charge is 2.22. The van der Waals surface area contributed by atoms with Crippen molar-refractivity contribution < 1.29 is 4.42 Å². The number of fused-ring (bicyclic) bond motifs is 7. The smallest absolute Gasteiger partial charge is 0.136 e. The maximum Gasteiger partial charge on any atom is 0.136 e. The molecule has 0 unspecified atom stereocenters. The second-order valence-corrected chi connectivity index (χ2v) is 14.0. The second kappa shape index (κ2) is 11.8. The van der Waals surface area contributed by atoms with Crippen molar-refractivity contribution in [2.45, 2.75) is 0 Å². The summed E-state index contributed by atoms with van der Waals surface area (Å²) in [6, 6.07) is 70.6. The van der Waals surface area contributed by atoms with Crippen LogP contribution in [0.25, 0.3) is 110 Å². The number of hydrogen-bond donors (Lipinski definition) is 0. The van der Waals surface area contributed by atoms with E-state index in [4.69, 9.17) is 4.42 Å². The fourth-order valence-corrected chi connectivity index (χ4v) is 8.71. The first-order chi connectivity index (χ1) is 26.3. The number of para-hydroxylation sites is 1. The number of furan rings is 1. The lowest BCUT2D eigenvalue weighted by Crippen LogP contribution is -1.93. The molecule has 0 saturated carbocycles. The monoisotopic (exact) mass is 672 g/mol. The lowest BCUT2D eigenvalue weighted by atomic mass is 9.83. The van der Waals surface area contributed by atoms with E-state index in [1.807, 2.05) is 0 Å². The van der Waals surface area contributed by atoms with Crippen LogP contribution in [0.15, 0.2) is 199 Å². The first-order valence-corrected chi connectivity index (χ1v) is 18.3. The zero-order valence-corrected chi connectivity index (χ0v) is 28.9. The highest BCUT2D eigenvalue weighted by atomic mass is 16.3. The number of rotatable bonds is 4. The average Bonchev–Trinajstić information content (AvgIpc) is 3.61. The highest BCUT2D eigenvalue weighted by Crippen LogP contribution is 2.49. The van der Waals surface area contributed by atoms with E-state index in [1.165, 1.54) is 82.0 Å². The highest BCUT2D eigenvalue weighted by molar-refractivity contribution is 6.24. The van der Waals surface area contributed by atoms with Gasteiger partial charge < -0.3 is 4.42 Å². The molecule has 1 heterocycles. The topological polar surface area (TPSA) is 13.1 Å². The fourth-order valence-electron chi connectivity index (χ4n) is 8.71. The molecule has 0 radical (unpaired) electrons. The quantitative estimate of drug-likeness (QED) is 0.170. The molecule has 1 aromatic heterocycles. The van der Waals surface area contributed by atoms with Crippen molar-refractivity contribution in [3.8, 4) is 44.5 Å². The minimum absolute atomic E-state index is 0.894. The summed E-state index contributed by atoms with van der Waals surface area (Å²) in [6.07, 6.45) is 0. The summed E-state index contributed by atoms with van der Waals surface area (Å²) in [5, 5.41) is 12.1. The maximum absolute atomic E-state index is 6.70. The number of hydrogen-bond acceptors (Lipinski definition) is 1. The van der Waals surface area contributed by atoms with Crippen molar-refractivity contribution in [2.24, 2.45) is 0 Å². The maximum atomic E-state index is 6.70. The summed E-state index contributed by atoms with van der Waals surface area (Å²) < 4.78 is 6.70. The molecule has 0 amide bonds. The van der Waals surface area contributed by atoms with Crippen LogP contribution in [0.1, 0.15) is 0 Å². The molecule has 53 heavy (non-hydrogen) atoms. The van der Waals surface area contributed by atoms with Gasteiger partial charge in [-0.2, -0.15) is 0 Å². The average molecular weight is 673 g/mol. The molecule has 10 aromatic carbocycles. The van der Waals surface area contributed by atoms with Gasteiger partial charge in [0.15, 0.2) is 0 Å². The van der Waals surface area contributed by atoms with Crippen LogP contribution in [0, 0.1) is 0 Å².